The number of hydrogen-bond acceptors (Lipinski definition) is 5. The first kappa shape index (κ1) is 12.8. The van der Waals surface area contributed by atoms with Crippen LogP contribution in [-0.2, 0) is 4.74 Å². The lowest BCUT2D eigenvalue weighted by molar-refractivity contribution is -0.751. The predicted molar refractivity (Wildman–Crippen MR) is 48.3 cm³/mol. The van der Waals surface area contributed by atoms with Crippen molar-refractivity contribution in [3.8, 4) is 0 Å². The van der Waals surface area contributed by atoms with Gasteiger partial charge in [-0.3, -0.25) is 0 Å². The summed E-state index contributed by atoms with van der Waals surface area (Å²) in [7, 11) is 0. The lowest BCUT2D eigenvalue weighted by Crippen LogP contribution is -2.97. The van der Waals surface area contributed by atoms with Crippen molar-refractivity contribution < 1.29 is 36.2 Å². The average molecular weight is 224 g/mol. The molecule has 7 heteroatoms. The van der Waals surface area contributed by atoms with Crippen LogP contribution in [-0.4, -0.2) is 70.8 Å². The Hall–Kier alpha value is -0.280. The zero-order valence-electron chi connectivity index (χ0n) is 8.49. The number of ether oxygens (including phenoxy) is 1. The molecule has 9 N–H and O–H groups in total. The van der Waals surface area contributed by atoms with Gasteiger partial charge in [0, 0.05) is 0 Å². The van der Waals surface area contributed by atoms with Gasteiger partial charge >= 0.3 is 0 Å². The van der Waals surface area contributed by atoms with Crippen LogP contribution < -0.4 is 11.1 Å². The van der Waals surface area contributed by atoms with Crippen LogP contribution in [0, 0.1) is 0 Å². The van der Waals surface area contributed by atoms with Crippen LogP contribution in [0.5, 0.6) is 0 Å². The first-order chi connectivity index (χ1) is 7.11. The van der Waals surface area contributed by atoms with E-state index in [-0.39, 0.29) is 6.61 Å². The molecule has 7 nitrogen and oxygen atoms in total. The molecule has 0 aromatic heterocycles. The molecule has 0 unspecified atom stereocenters. The fourth-order valence-corrected chi connectivity index (χ4v) is 1.61. The maximum atomic E-state index is 9.58. The largest absolute Gasteiger partial charge is 0.394 e. The number of rotatable bonds is 4. The highest BCUT2D eigenvalue weighted by molar-refractivity contribution is 4.87. The van der Waals surface area contributed by atoms with E-state index in [0.717, 1.165) is 0 Å². The molecule has 0 bridgehead atoms. The Kier molecular flexibility index (Phi) is 4.87. The molecule has 15 heavy (non-hydrogen) atoms. The van der Waals surface area contributed by atoms with Gasteiger partial charge in [-0.1, -0.05) is 0 Å². The predicted octanol–water partition coefficient (Wildman–Crippen LogP) is -5.41. The van der Waals surface area contributed by atoms with E-state index in [2.05, 4.69) is 5.73 Å². The third-order valence-corrected chi connectivity index (χ3v) is 2.53. The van der Waals surface area contributed by atoms with E-state index in [1.807, 2.05) is 0 Å². The normalized spacial score (nSPS) is 41.8. The SMILES string of the molecule is [NH3+]CC[NH2+][C@H]1O[C@@H](CO)[C@@H](O)[C@@H](O)[C@H]1O. The van der Waals surface area contributed by atoms with Gasteiger partial charge in [0.05, 0.1) is 6.61 Å². The second-order valence-corrected chi connectivity index (χ2v) is 3.67. The standard InChI is InChI=1S/C8H18N2O5/c9-1-2-10-8-7(14)6(13)5(12)4(3-11)15-8/h4-8,10-14H,1-3,9H2/p+2/t4-,5+,6+,7+,8-/m0/s1. The van der Waals surface area contributed by atoms with E-state index in [1.54, 1.807) is 5.32 Å². The summed E-state index contributed by atoms with van der Waals surface area (Å²) in [4.78, 5) is 0. The minimum atomic E-state index is -1.29. The van der Waals surface area contributed by atoms with Crippen molar-refractivity contribution in [3.05, 3.63) is 0 Å². The number of aliphatic hydroxyl groups excluding tert-OH is 4. The van der Waals surface area contributed by atoms with E-state index in [9.17, 15) is 15.3 Å². The number of hydrogen-bond donors (Lipinski definition) is 6. The Morgan fingerprint density at radius 1 is 1.13 bits per heavy atom. The molecule has 1 aliphatic rings. The summed E-state index contributed by atoms with van der Waals surface area (Å²) in [6, 6.07) is 0. The van der Waals surface area contributed by atoms with E-state index >= 15 is 0 Å². The van der Waals surface area contributed by atoms with Gasteiger partial charge < -0.3 is 36.2 Å². The average Bonchev–Trinajstić information content (AvgIpc) is 2.25. The molecule has 0 saturated carbocycles. The lowest BCUT2D eigenvalue weighted by atomic mass is 9.98. The van der Waals surface area contributed by atoms with E-state index in [0.29, 0.717) is 13.1 Å². The Bertz CT molecular complexity index is 192. The maximum Gasteiger partial charge on any atom is 0.220 e. The molecule has 5 atom stereocenters. The van der Waals surface area contributed by atoms with Crippen LogP contribution in [0.4, 0.5) is 0 Å². The summed E-state index contributed by atoms with van der Waals surface area (Å²) >= 11 is 0. The second-order valence-electron chi connectivity index (χ2n) is 3.67. The molecule has 0 radical (unpaired) electrons. The number of quaternary nitrogens is 2. The molecule has 1 rings (SSSR count). The van der Waals surface area contributed by atoms with Crippen molar-refractivity contribution in [3.63, 3.8) is 0 Å². The van der Waals surface area contributed by atoms with Crippen LogP contribution in [0.25, 0.3) is 0 Å². The molecule has 1 fully saturated rings. The number of nitrogens with two attached hydrogens (primary N) is 1. The molecular weight excluding hydrogens is 204 g/mol. The highest BCUT2D eigenvalue weighted by Crippen LogP contribution is 2.17. The molecule has 1 heterocycles. The zero-order chi connectivity index (χ0) is 11.4. The third-order valence-electron chi connectivity index (χ3n) is 2.53. The number of aliphatic hydroxyl groups is 4. The fourth-order valence-electron chi connectivity index (χ4n) is 1.61. The summed E-state index contributed by atoms with van der Waals surface area (Å²) < 4.78 is 5.24. The van der Waals surface area contributed by atoms with Gasteiger partial charge in [-0.25, -0.2) is 0 Å². The first-order valence-electron chi connectivity index (χ1n) is 5.05. The van der Waals surface area contributed by atoms with Crippen LogP contribution in [0.1, 0.15) is 0 Å². The van der Waals surface area contributed by atoms with E-state index in [4.69, 9.17) is 9.84 Å². The zero-order valence-corrected chi connectivity index (χ0v) is 8.49. The molecule has 1 aliphatic heterocycles. The highest BCUT2D eigenvalue weighted by Gasteiger charge is 2.45. The molecule has 0 spiro atoms. The van der Waals surface area contributed by atoms with Gasteiger partial charge in [0.15, 0.2) is 6.10 Å². The summed E-state index contributed by atoms with van der Waals surface area (Å²) in [5.74, 6) is 0. The van der Waals surface area contributed by atoms with Crippen molar-refractivity contribution in [2.45, 2.75) is 30.6 Å². The summed E-state index contributed by atoms with van der Waals surface area (Å²) in [6.07, 6.45) is -5.22. The van der Waals surface area contributed by atoms with Crippen LogP contribution >= 0.6 is 0 Å². The Morgan fingerprint density at radius 3 is 2.33 bits per heavy atom. The van der Waals surface area contributed by atoms with Gasteiger partial charge in [-0.05, 0) is 0 Å². The molecule has 0 aliphatic carbocycles. The minimum absolute atomic E-state index is 0.389. The minimum Gasteiger partial charge on any atom is -0.394 e. The van der Waals surface area contributed by atoms with Crippen molar-refractivity contribution in [2.75, 3.05) is 19.7 Å². The summed E-state index contributed by atoms with van der Waals surface area (Å²) in [6.45, 7) is 0.914. The molecule has 0 aromatic rings. The van der Waals surface area contributed by atoms with Crippen LogP contribution in [0.2, 0.25) is 0 Å². The van der Waals surface area contributed by atoms with Gasteiger partial charge in [0.25, 0.3) is 0 Å². The molecule has 1 saturated heterocycles. The van der Waals surface area contributed by atoms with Gasteiger partial charge in [0.2, 0.25) is 6.23 Å². The van der Waals surface area contributed by atoms with E-state index < -0.39 is 30.6 Å². The maximum absolute atomic E-state index is 9.58. The Balaban J connectivity index is 2.57. The third kappa shape index (κ3) is 2.85. The monoisotopic (exact) mass is 224 g/mol. The lowest BCUT2D eigenvalue weighted by Gasteiger charge is -2.37. The Morgan fingerprint density at radius 2 is 1.80 bits per heavy atom. The highest BCUT2D eigenvalue weighted by atomic mass is 16.6. The second kappa shape index (κ2) is 5.71. The van der Waals surface area contributed by atoms with Crippen molar-refractivity contribution in [2.24, 2.45) is 0 Å². The van der Waals surface area contributed by atoms with Crippen molar-refractivity contribution in [1.82, 2.24) is 0 Å². The molecule has 0 aromatic carbocycles. The van der Waals surface area contributed by atoms with Crippen molar-refractivity contribution in [1.29, 1.82) is 0 Å². The summed E-state index contributed by atoms with van der Waals surface area (Å²) in [5.41, 5.74) is 3.64. The molecule has 0 amide bonds. The van der Waals surface area contributed by atoms with Gasteiger partial charge in [-0.2, -0.15) is 0 Å². The van der Waals surface area contributed by atoms with Gasteiger partial charge in [0.1, 0.15) is 31.4 Å². The summed E-state index contributed by atoms with van der Waals surface area (Å²) in [5, 5.41) is 39.1. The topological polar surface area (TPSA) is 134 Å². The molecular formula is C8H20N2O5+2. The molecule has 90 valence electrons. The smallest absolute Gasteiger partial charge is 0.220 e. The Labute approximate surface area is 87.5 Å². The fraction of sp³-hybridized carbons (Fsp3) is 1.00. The van der Waals surface area contributed by atoms with Crippen LogP contribution in [0.15, 0.2) is 0 Å². The van der Waals surface area contributed by atoms with Crippen molar-refractivity contribution >= 4 is 0 Å². The van der Waals surface area contributed by atoms with Crippen LogP contribution in [0.3, 0.4) is 0 Å². The first-order valence-corrected chi connectivity index (χ1v) is 5.05. The van der Waals surface area contributed by atoms with E-state index in [1.165, 1.54) is 0 Å². The van der Waals surface area contributed by atoms with Gasteiger partial charge in [-0.15, -0.1) is 0 Å². The quantitative estimate of drug-likeness (QED) is 0.283.